The quantitative estimate of drug-likeness (QED) is 0.411. The summed E-state index contributed by atoms with van der Waals surface area (Å²) in [5.41, 5.74) is 3.28. The van der Waals surface area contributed by atoms with E-state index < -0.39 is 6.23 Å². The third kappa shape index (κ3) is 3.44. The first kappa shape index (κ1) is 19.1. The smallest absolute Gasteiger partial charge is 0.247 e. The Kier molecular flexibility index (Phi) is 5.44. The van der Waals surface area contributed by atoms with Crippen molar-refractivity contribution in [1.82, 2.24) is 15.2 Å². The van der Waals surface area contributed by atoms with Gasteiger partial charge in [0.2, 0.25) is 11.0 Å². The molecule has 1 unspecified atom stereocenters. The fraction of sp³-hybridized carbons (Fsp3) is 0.211. The predicted octanol–water partition coefficient (Wildman–Crippen LogP) is 4.39. The van der Waals surface area contributed by atoms with E-state index in [1.807, 2.05) is 42.7 Å². The Balaban J connectivity index is 1.85. The van der Waals surface area contributed by atoms with Gasteiger partial charge in [-0.1, -0.05) is 30.0 Å². The van der Waals surface area contributed by atoms with Crippen molar-refractivity contribution in [3.63, 3.8) is 0 Å². The summed E-state index contributed by atoms with van der Waals surface area (Å²) in [5.74, 6) is 1.76. The van der Waals surface area contributed by atoms with Gasteiger partial charge >= 0.3 is 0 Å². The van der Waals surface area contributed by atoms with E-state index in [0.717, 1.165) is 20.4 Å². The van der Waals surface area contributed by atoms with E-state index in [1.165, 1.54) is 11.8 Å². The van der Waals surface area contributed by atoms with Crippen molar-refractivity contribution >= 4 is 40.0 Å². The maximum atomic E-state index is 6.26. The Morgan fingerprint density at radius 2 is 1.96 bits per heavy atom. The van der Waals surface area contributed by atoms with Crippen LogP contribution >= 0.6 is 34.4 Å². The molecular weight excluding hydrogens is 491 g/mol. The molecule has 4 rings (SSSR count). The Bertz CT molecular complexity index is 1030. The number of hydrogen-bond acceptors (Lipinski definition) is 8. The maximum absolute atomic E-state index is 6.26. The first-order valence-electron chi connectivity index (χ1n) is 8.37. The minimum Gasteiger partial charge on any atom is -0.493 e. The van der Waals surface area contributed by atoms with Crippen LogP contribution in [0.2, 0.25) is 0 Å². The zero-order valence-corrected chi connectivity index (χ0v) is 18.4. The van der Waals surface area contributed by atoms with Gasteiger partial charge in [-0.25, -0.2) is 0 Å². The molecule has 3 aromatic rings. The fourth-order valence-corrected chi connectivity index (χ4v) is 4.12. The van der Waals surface area contributed by atoms with E-state index in [-0.39, 0.29) is 0 Å². The van der Waals surface area contributed by atoms with Crippen LogP contribution in [0, 0.1) is 3.57 Å². The molecule has 7 nitrogen and oxygen atoms in total. The summed E-state index contributed by atoms with van der Waals surface area (Å²) in [6, 6.07) is 11.8. The van der Waals surface area contributed by atoms with Gasteiger partial charge in [-0.3, -0.25) is 0 Å². The van der Waals surface area contributed by atoms with E-state index in [2.05, 4.69) is 43.1 Å². The molecule has 1 N–H and O–H groups in total. The van der Waals surface area contributed by atoms with Crippen LogP contribution in [0.3, 0.4) is 0 Å². The van der Waals surface area contributed by atoms with Crippen molar-refractivity contribution in [2.45, 2.75) is 11.4 Å². The highest BCUT2D eigenvalue weighted by Gasteiger charge is 2.27. The number of nitrogens with one attached hydrogen (secondary N) is 1. The zero-order valence-electron chi connectivity index (χ0n) is 15.4. The highest BCUT2D eigenvalue weighted by atomic mass is 127. The lowest BCUT2D eigenvalue weighted by Gasteiger charge is -2.21. The molecule has 0 saturated heterocycles. The number of aromatic nitrogens is 3. The van der Waals surface area contributed by atoms with Gasteiger partial charge in [0.25, 0.3) is 0 Å². The number of ether oxygens (including phenoxy) is 3. The van der Waals surface area contributed by atoms with E-state index in [4.69, 9.17) is 14.2 Å². The molecule has 0 fully saturated rings. The van der Waals surface area contributed by atoms with Crippen LogP contribution in [0.25, 0.3) is 11.3 Å². The number of anilines is 1. The molecule has 0 amide bonds. The van der Waals surface area contributed by atoms with Crippen molar-refractivity contribution in [2.75, 3.05) is 25.8 Å². The summed E-state index contributed by atoms with van der Waals surface area (Å²) in [6.07, 6.45) is 1.42. The normalized spacial score (nSPS) is 14.8. The van der Waals surface area contributed by atoms with Gasteiger partial charge in [0.15, 0.2) is 23.4 Å². The molecule has 0 spiro atoms. The van der Waals surface area contributed by atoms with Crippen LogP contribution in [0.5, 0.6) is 17.4 Å². The second kappa shape index (κ2) is 8.00. The van der Waals surface area contributed by atoms with Gasteiger partial charge in [0.05, 0.1) is 17.8 Å². The SMILES string of the molecule is COc1cc(C2Nc3ccccc3-c3nnc(SC)nc3O2)cc(I)c1OC. The van der Waals surface area contributed by atoms with Gasteiger partial charge in [0.1, 0.15) is 0 Å². The van der Waals surface area contributed by atoms with E-state index >= 15 is 0 Å². The maximum Gasteiger partial charge on any atom is 0.247 e. The number of halogens is 1. The van der Waals surface area contributed by atoms with Crippen LogP contribution in [0.15, 0.2) is 41.6 Å². The zero-order chi connectivity index (χ0) is 19.7. The molecule has 0 radical (unpaired) electrons. The highest BCUT2D eigenvalue weighted by Crippen LogP contribution is 2.41. The lowest BCUT2D eigenvalue weighted by molar-refractivity contribution is 0.224. The average Bonchev–Trinajstić information content (AvgIpc) is 2.89. The summed E-state index contributed by atoms with van der Waals surface area (Å²) in [6.45, 7) is 0. The van der Waals surface area contributed by atoms with E-state index in [0.29, 0.717) is 28.2 Å². The summed E-state index contributed by atoms with van der Waals surface area (Å²) in [4.78, 5) is 4.53. The largest absolute Gasteiger partial charge is 0.493 e. The van der Waals surface area contributed by atoms with E-state index in [9.17, 15) is 0 Å². The number of nitrogens with zero attached hydrogens (tertiary/aromatic N) is 3. The molecule has 0 bridgehead atoms. The second-order valence-electron chi connectivity index (χ2n) is 5.88. The molecule has 144 valence electrons. The molecule has 0 aliphatic carbocycles. The fourth-order valence-electron chi connectivity index (χ4n) is 2.97. The number of thioether (sulfide) groups is 1. The number of fused-ring (bicyclic) bond motifs is 3. The standard InChI is InChI=1S/C19H17IN4O3S/c1-25-14-9-10(8-12(20)16(14)26-2)17-21-13-7-5-4-6-11(13)15-18(27-17)22-19(28-3)24-23-15/h4-9,17,21H,1-3H3. The molecule has 28 heavy (non-hydrogen) atoms. The number of methoxy groups -OCH3 is 2. The number of para-hydroxylation sites is 1. The van der Waals surface area contributed by atoms with Crippen LogP contribution in [0.1, 0.15) is 11.8 Å². The molecule has 1 atom stereocenters. The van der Waals surface area contributed by atoms with Crippen molar-refractivity contribution in [3.8, 4) is 28.6 Å². The first-order valence-corrected chi connectivity index (χ1v) is 10.7. The summed E-state index contributed by atoms with van der Waals surface area (Å²) < 4.78 is 18.1. The molecule has 1 aliphatic rings. The molecule has 2 aromatic carbocycles. The number of benzene rings is 2. The second-order valence-corrected chi connectivity index (χ2v) is 7.81. The Morgan fingerprint density at radius 3 is 2.71 bits per heavy atom. The summed E-state index contributed by atoms with van der Waals surface area (Å²) in [7, 11) is 3.24. The molecule has 1 aliphatic heterocycles. The first-order chi connectivity index (χ1) is 13.6. The van der Waals surface area contributed by atoms with Crippen LogP contribution in [0.4, 0.5) is 5.69 Å². The van der Waals surface area contributed by atoms with Crippen LogP contribution in [-0.4, -0.2) is 35.7 Å². The predicted molar refractivity (Wildman–Crippen MR) is 116 cm³/mol. The van der Waals surface area contributed by atoms with Gasteiger partial charge in [-0.2, -0.15) is 4.98 Å². The molecular formula is C19H17IN4O3S. The van der Waals surface area contributed by atoms with Gasteiger partial charge in [-0.05, 0) is 47.0 Å². The Labute approximate surface area is 180 Å². The molecule has 0 saturated carbocycles. The molecule has 2 heterocycles. The van der Waals surface area contributed by atoms with Gasteiger partial charge < -0.3 is 19.5 Å². The molecule has 1 aromatic heterocycles. The third-order valence-corrected chi connectivity index (χ3v) is 5.61. The van der Waals surface area contributed by atoms with Crippen molar-refractivity contribution < 1.29 is 14.2 Å². The average molecular weight is 508 g/mol. The van der Waals surface area contributed by atoms with Crippen molar-refractivity contribution in [3.05, 3.63) is 45.5 Å². The van der Waals surface area contributed by atoms with Crippen LogP contribution in [-0.2, 0) is 0 Å². The Hall–Kier alpha value is -2.27. The molecule has 9 heteroatoms. The number of hydrogen-bond donors (Lipinski definition) is 1. The lowest BCUT2D eigenvalue weighted by Crippen LogP contribution is -2.17. The van der Waals surface area contributed by atoms with Crippen molar-refractivity contribution in [2.24, 2.45) is 0 Å². The minimum atomic E-state index is -0.484. The van der Waals surface area contributed by atoms with E-state index in [1.54, 1.807) is 14.2 Å². The topological polar surface area (TPSA) is 78.4 Å². The van der Waals surface area contributed by atoms with Gasteiger partial charge in [0, 0.05) is 16.8 Å². The monoisotopic (exact) mass is 508 g/mol. The summed E-state index contributed by atoms with van der Waals surface area (Å²) >= 11 is 3.64. The van der Waals surface area contributed by atoms with Crippen LogP contribution < -0.4 is 19.5 Å². The third-order valence-electron chi connectivity index (χ3n) is 4.27. The lowest BCUT2D eigenvalue weighted by atomic mass is 10.1. The van der Waals surface area contributed by atoms with Crippen molar-refractivity contribution in [1.29, 1.82) is 0 Å². The minimum absolute atomic E-state index is 0.437. The summed E-state index contributed by atoms with van der Waals surface area (Å²) in [5, 5.41) is 12.5. The number of rotatable bonds is 4. The van der Waals surface area contributed by atoms with Gasteiger partial charge in [-0.15, -0.1) is 10.2 Å². The highest BCUT2D eigenvalue weighted by molar-refractivity contribution is 14.1. The Morgan fingerprint density at radius 1 is 1.14 bits per heavy atom.